The first-order chi connectivity index (χ1) is 8.52. The minimum atomic E-state index is -0.904. The van der Waals surface area contributed by atoms with Crippen LogP contribution in [0.25, 0.3) is 0 Å². The lowest BCUT2D eigenvalue weighted by atomic mass is 10.1. The first-order valence-electron chi connectivity index (χ1n) is 5.42. The summed E-state index contributed by atoms with van der Waals surface area (Å²) in [4.78, 5) is 23.0. The first-order valence-corrected chi connectivity index (χ1v) is 5.42. The lowest BCUT2D eigenvalue weighted by molar-refractivity contribution is 0.0516. The Morgan fingerprint density at radius 3 is 2.17 bits per heavy atom. The molecule has 0 bridgehead atoms. The maximum atomic E-state index is 11.5. The monoisotopic (exact) mass is 254 g/mol. The van der Waals surface area contributed by atoms with E-state index >= 15 is 0 Å². The lowest BCUT2D eigenvalue weighted by Gasteiger charge is -2.10. The third-order valence-electron chi connectivity index (χ3n) is 2.13. The van der Waals surface area contributed by atoms with Crippen molar-refractivity contribution in [2.24, 2.45) is 0 Å². The fourth-order valence-electron chi connectivity index (χ4n) is 1.36. The van der Waals surface area contributed by atoms with Gasteiger partial charge in [0, 0.05) is 0 Å². The molecule has 0 radical (unpaired) electrons. The Balaban J connectivity index is 3.22. The van der Waals surface area contributed by atoms with Gasteiger partial charge in [-0.15, -0.1) is 0 Å². The van der Waals surface area contributed by atoms with Crippen LogP contribution < -0.4 is 0 Å². The van der Waals surface area contributed by atoms with Crippen LogP contribution in [-0.4, -0.2) is 35.4 Å². The molecule has 0 aliphatic carbocycles. The van der Waals surface area contributed by atoms with Crippen LogP contribution in [0, 0.1) is 0 Å². The van der Waals surface area contributed by atoms with Gasteiger partial charge in [0.25, 0.3) is 0 Å². The van der Waals surface area contributed by atoms with Gasteiger partial charge in [0.2, 0.25) is 0 Å². The number of hydrogen-bond donors (Lipinski definition) is 2. The SMILES string of the molecule is CCOC(=O)c1ccc(O)c(C(=O)OCC)c1O. The van der Waals surface area contributed by atoms with Gasteiger partial charge in [0.15, 0.2) is 0 Å². The van der Waals surface area contributed by atoms with E-state index in [1.165, 1.54) is 6.07 Å². The molecule has 0 aromatic heterocycles. The lowest BCUT2D eigenvalue weighted by Crippen LogP contribution is -2.10. The highest BCUT2D eigenvalue weighted by Gasteiger charge is 2.24. The number of rotatable bonds is 4. The number of hydrogen-bond acceptors (Lipinski definition) is 6. The van der Waals surface area contributed by atoms with E-state index < -0.39 is 29.0 Å². The Bertz CT molecular complexity index is 466. The van der Waals surface area contributed by atoms with Crippen LogP contribution in [0.5, 0.6) is 11.5 Å². The van der Waals surface area contributed by atoms with E-state index in [-0.39, 0.29) is 18.8 Å². The van der Waals surface area contributed by atoms with Gasteiger partial charge in [-0.3, -0.25) is 0 Å². The van der Waals surface area contributed by atoms with Crippen molar-refractivity contribution >= 4 is 11.9 Å². The summed E-state index contributed by atoms with van der Waals surface area (Å²) in [6.07, 6.45) is 0. The van der Waals surface area contributed by atoms with Crippen molar-refractivity contribution < 1.29 is 29.3 Å². The summed E-state index contributed by atoms with van der Waals surface area (Å²) in [5, 5.41) is 19.3. The average molecular weight is 254 g/mol. The molecule has 18 heavy (non-hydrogen) atoms. The number of carbonyl (C=O) groups is 2. The number of phenols is 2. The Morgan fingerprint density at radius 2 is 1.61 bits per heavy atom. The average Bonchev–Trinajstić information content (AvgIpc) is 2.29. The molecule has 0 amide bonds. The maximum Gasteiger partial charge on any atom is 0.345 e. The van der Waals surface area contributed by atoms with Gasteiger partial charge in [-0.2, -0.15) is 0 Å². The highest BCUT2D eigenvalue weighted by Crippen LogP contribution is 2.31. The van der Waals surface area contributed by atoms with Crippen LogP contribution in [0.4, 0.5) is 0 Å². The predicted molar refractivity (Wildman–Crippen MR) is 61.7 cm³/mol. The molecule has 0 unspecified atom stereocenters. The molecule has 0 saturated heterocycles. The van der Waals surface area contributed by atoms with Crippen LogP contribution in [0.2, 0.25) is 0 Å². The van der Waals surface area contributed by atoms with Crippen molar-refractivity contribution in [3.8, 4) is 11.5 Å². The fraction of sp³-hybridized carbons (Fsp3) is 0.333. The van der Waals surface area contributed by atoms with Gasteiger partial charge >= 0.3 is 11.9 Å². The summed E-state index contributed by atoms with van der Waals surface area (Å²) in [5.74, 6) is -2.79. The van der Waals surface area contributed by atoms with Crippen molar-refractivity contribution in [1.82, 2.24) is 0 Å². The zero-order chi connectivity index (χ0) is 13.7. The van der Waals surface area contributed by atoms with Gasteiger partial charge in [-0.1, -0.05) is 0 Å². The van der Waals surface area contributed by atoms with Crippen LogP contribution in [0.15, 0.2) is 12.1 Å². The fourth-order valence-corrected chi connectivity index (χ4v) is 1.36. The van der Waals surface area contributed by atoms with Crippen molar-refractivity contribution in [2.45, 2.75) is 13.8 Å². The molecular formula is C12H14O6. The molecule has 1 rings (SSSR count). The molecule has 0 atom stereocenters. The maximum absolute atomic E-state index is 11.5. The van der Waals surface area contributed by atoms with Crippen molar-refractivity contribution in [1.29, 1.82) is 0 Å². The van der Waals surface area contributed by atoms with Crippen molar-refractivity contribution in [2.75, 3.05) is 13.2 Å². The molecule has 2 N–H and O–H groups in total. The van der Waals surface area contributed by atoms with Gasteiger partial charge in [0.1, 0.15) is 22.6 Å². The van der Waals surface area contributed by atoms with E-state index in [2.05, 4.69) is 4.74 Å². The summed E-state index contributed by atoms with van der Waals surface area (Å²) < 4.78 is 9.38. The van der Waals surface area contributed by atoms with Crippen molar-refractivity contribution in [3.05, 3.63) is 23.3 Å². The molecule has 0 fully saturated rings. The molecule has 0 saturated carbocycles. The molecule has 0 aliphatic heterocycles. The molecule has 0 aliphatic rings. The van der Waals surface area contributed by atoms with E-state index in [1.54, 1.807) is 13.8 Å². The number of carbonyl (C=O) groups excluding carboxylic acids is 2. The molecule has 1 aromatic rings. The number of aromatic hydroxyl groups is 2. The highest BCUT2D eigenvalue weighted by atomic mass is 16.5. The minimum absolute atomic E-state index is 0.0847. The van der Waals surface area contributed by atoms with E-state index in [1.807, 2.05) is 0 Å². The predicted octanol–water partition coefficient (Wildman–Crippen LogP) is 1.45. The molecule has 98 valence electrons. The Morgan fingerprint density at radius 1 is 1.06 bits per heavy atom. The Hall–Kier alpha value is -2.24. The van der Waals surface area contributed by atoms with E-state index in [9.17, 15) is 19.8 Å². The van der Waals surface area contributed by atoms with Crippen LogP contribution in [-0.2, 0) is 9.47 Å². The second-order valence-electron chi connectivity index (χ2n) is 3.30. The smallest absolute Gasteiger partial charge is 0.345 e. The van der Waals surface area contributed by atoms with Gasteiger partial charge < -0.3 is 19.7 Å². The van der Waals surface area contributed by atoms with Crippen LogP contribution in [0.3, 0.4) is 0 Å². The van der Waals surface area contributed by atoms with Gasteiger partial charge in [-0.25, -0.2) is 9.59 Å². The normalized spacial score (nSPS) is 9.89. The molecular weight excluding hydrogens is 240 g/mol. The quantitative estimate of drug-likeness (QED) is 0.790. The van der Waals surface area contributed by atoms with Crippen molar-refractivity contribution in [3.63, 3.8) is 0 Å². The number of phenolic OH excluding ortho intramolecular Hbond substituents is 2. The third kappa shape index (κ3) is 2.71. The summed E-state index contributed by atoms with van der Waals surface area (Å²) in [7, 11) is 0. The summed E-state index contributed by atoms with van der Waals surface area (Å²) in [6.45, 7) is 3.41. The van der Waals surface area contributed by atoms with Gasteiger partial charge in [-0.05, 0) is 26.0 Å². The Labute approximate surface area is 104 Å². The zero-order valence-electron chi connectivity index (χ0n) is 10.1. The second kappa shape index (κ2) is 5.90. The molecule has 6 heteroatoms. The van der Waals surface area contributed by atoms with Gasteiger partial charge in [0.05, 0.1) is 13.2 Å². The Kier molecular flexibility index (Phi) is 4.53. The molecule has 0 spiro atoms. The zero-order valence-corrected chi connectivity index (χ0v) is 10.1. The highest BCUT2D eigenvalue weighted by molar-refractivity contribution is 6.01. The molecule has 1 aromatic carbocycles. The first kappa shape index (κ1) is 13.8. The number of benzene rings is 1. The van der Waals surface area contributed by atoms with E-state index in [4.69, 9.17) is 4.74 Å². The number of ether oxygens (including phenoxy) is 2. The minimum Gasteiger partial charge on any atom is -0.507 e. The summed E-state index contributed by atoms with van der Waals surface area (Å²) in [6, 6.07) is 2.30. The number of esters is 2. The summed E-state index contributed by atoms with van der Waals surface area (Å²) in [5.41, 5.74) is -0.639. The van der Waals surface area contributed by atoms with E-state index in [0.717, 1.165) is 6.07 Å². The molecule has 6 nitrogen and oxygen atoms in total. The van der Waals surface area contributed by atoms with E-state index in [0.29, 0.717) is 0 Å². The topological polar surface area (TPSA) is 93.1 Å². The standard InChI is InChI=1S/C12H14O6/c1-3-17-11(15)7-5-6-8(13)9(10(7)14)12(16)18-4-2/h5-6,13-14H,3-4H2,1-2H3. The van der Waals surface area contributed by atoms with Crippen LogP contribution >= 0.6 is 0 Å². The second-order valence-corrected chi connectivity index (χ2v) is 3.30. The van der Waals surface area contributed by atoms with Crippen LogP contribution in [0.1, 0.15) is 34.6 Å². The molecule has 0 heterocycles. The third-order valence-corrected chi connectivity index (χ3v) is 2.13. The largest absolute Gasteiger partial charge is 0.507 e. The summed E-state index contributed by atoms with van der Waals surface area (Å²) >= 11 is 0.